The van der Waals surface area contributed by atoms with Crippen molar-refractivity contribution in [3.8, 4) is 5.75 Å². The molecular formula is C12H18N2O4S. The number of anilines is 1. The van der Waals surface area contributed by atoms with Crippen LogP contribution in [0.25, 0.3) is 0 Å². The molecule has 1 atom stereocenters. The van der Waals surface area contributed by atoms with E-state index in [1.165, 1.54) is 23.5 Å². The Bertz CT molecular complexity index is 559. The Morgan fingerprint density at radius 1 is 1.47 bits per heavy atom. The van der Waals surface area contributed by atoms with Crippen molar-refractivity contribution in [1.82, 2.24) is 4.31 Å². The van der Waals surface area contributed by atoms with E-state index in [1.54, 1.807) is 6.07 Å². The van der Waals surface area contributed by atoms with Crippen molar-refractivity contribution in [2.45, 2.75) is 17.9 Å². The minimum Gasteiger partial charge on any atom is -0.497 e. The zero-order chi connectivity index (χ0) is 14.0. The van der Waals surface area contributed by atoms with Gasteiger partial charge in [0.05, 0.1) is 25.5 Å². The molecule has 6 nitrogen and oxygen atoms in total. The van der Waals surface area contributed by atoms with E-state index in [1.807, 2.05) is 6.92 Å². The van der Waals surface area contributed by atoms with Crippen molar-refractivity contribution in [2.24, 2.45) is 0 Å². The molecule has 2 N–H and O–H groups in total. The fraction of sp³-hybridized carbons (Fsp3) is 0.500. The summed E-state index contributed by atoms with van der Waals surface area (Å²) < 4.78 is 36.8. The second kappa shape index (κ2) is 5.36. The van der Waals surface area contributed by atoms with Crippen LogP contribution in [0.4, 0.5) is 5.69 Å². The highest BCUT2D eigenvalue weighted by atomic mass is 32.2. The van der Waals surface area contributed by atoms with Crippen molar-refractivity contribution in [1.29, 1.82) is 0 Å². The van der Waals surface area contributed by atoms with Crippen LogP contribution in [-0.2, 0) is 14.8 Å². The van der Waals surface area contributed by atoms with Gasteiger partial charge in [0.1, 0.15) is 10.6 Å². The van der Waals surface area contributed by atoms with E-state index in [9.17, 15) is 8.42 Å². The Balaban J connectivity index is 2.33. The first-order valence-corrected chi connectivity index (χ1v) is 7.44. The monoisotopic (exact) mass is 286 g/mol. The highest BCUT2D eigenvalue weighted by Crippen LogP contribution is 2.27. The SMILES string of the molecule is COc1ccc(S(=O)(=O)N2CCOC(C)C2)c(N)c1. The lowest BCUT2D eigenvalue weighted by Crippen LogP contribution is -2.44. The van der Waals surface area contributed by atoms with Gasteiger partial charge in [-0.05, 0) is 19.1 Å². The highest BCUT2D eigenvalue weighted by Gasteiger charge is 2.30. The van der Waals surface area contributed by atoms with Gasteiger partial charge in [-0.3, -0.25) is 0 Å². The lowest BCUT2D eigenvalue weighted by atomic mass is 10.3. The number of morpholine rings is 1. The summed E-state index contributed by atoms with van der Waals surface area (Å²) in [5.74, 6) is 0.534. The summed E-state index contributed by atoms with van der Waals surface area (Å²) in [7, 11) is -2.07. The number of hydrogen-bond donors (Lipinski definition) is 1. The van der Waals surface area contributed by atoms with E-state index in [2.05, 4.69) is 0 Å². The maximum atomic E-state index is 12.5. The van der Waals surface area contributed by atoms with Gasteiger partial charge < -0.3 is 15.2 Å². The number of rotatable bonds is 3. The molecule has 0 spiro atoms. The molecule has 0 aliphatic carbocycles. The second-order valence-electron chi connectivity index (χ2n) is 4.45. The van der Waals surface area contributed by atoms with Crippen molar-refractivity contribution >= 4 is 15.7 Å². The van der Waals surface area contributed by atoms with Crippen LogP contribution in [0, 0.1) is 0 Å². The second-order valence-corrected chi connectivity index (χ2v) is 6.35. The molecule has 0 aromatic heterocycles. The summed E-state index contributed by atoms with van der Waals surface area (Å²) in [5, 5.41) is 0. The zero-order valence-corrected chi connectivity index (χ0v) is 11.8. The summed E-state index contributed by atoms with van der Waals surface area (Å²) in [6, 6.07) is 4.58. The number of ether oxygens (including phenoxy) is 2. The lowest BCUT2D eigenvalue weighted by molar-refractivity contribution is 0.0102. The van der Waals surface area contributed by atoms with Gasteiger partial charge >= 0.3 is 0 Å². The molecule has 1 aliphatic rings. The first-order chi connectivity index (χ1) is 8.95. The third kappa shape index (κ3) is 2.83. The van der Waals surface area contributed by atoms with Crippen LogP contribution >= 0.6 is 0 Å². The third-order valence-electron chi connectivity index (χ3n) is 3.04. The Kier molecular flexibility index (Phi) is 3.98. The van der Waals surface area contributed by atoms with Crippen molar-refractivity contribution in [3.05, 3.63) is 18.2 Å². The number of nitrogens with two attached hydrogens (primary N) is 1. The molecule has 0 radical (unpaired) electrons. The third-order valence-corrected chi connectivity index (χ3v) is 4.98. The van der Waals surface area contributed by atoms with Crippen LogP contribution in [0.3, 0.4) is 0 Å². The maximum Gasteiger partial charge on any atom is 0.245 e. The van der Waals surface area contributed by atoms with Gasteiger partial charge in [-0.2, -0.15) is 4.31 Å². The molecule has 19 heavy (non-hydrogen) atoms. The van der Waals surface area contributed by atoms with Crippen LogP contribution < -0.4 is 10.5 Å². The van der Waals surface area contributed by atoms with E-state index < -0.39 is 10.0 Å². The molecule has 1 aliphatic heterocycles. The molecule has 2 rings (SSSR count). The highest BCUT2D eigenvalue weighted by molar-refractivity contribution is 7.89. The van der Waals surface area contributed by atoms with Crippen LogP contribution in [0.1, 0.15) is 6.92 Å². The van der Waals surface area contributed by atoms with Gasteiger partial charge in [-0.25, -0.2) is 8.42 Å². The van der Waals surface area contributed by atoms with Crippen molar-refractivity contribution in [2.75, 3.05) is 32.5 Å². The van der Waals surface area contributed by atoms with Crippen LogP contribution in [-0.4, -0.2) is 45.6 Å². The van der Waals surface area contributed by atoms with E-state index in [0.717, 1.165) is 0 Å². The lowest BCUT2D eigenvalue weighted by Gasteiger charge is -2.30. The Hall–Kier alpha value is -1.31. The quantitative estimate of drug-likeness (QED) is 0.827. The van der Waals surface area contributed by atoms with Crippen LogP contribution in [0.5, 0.6) is 5.75 Å². The van der Waals surface area contributed by atoms with Gasteiger partial charge in [-0.15, -0.1) is 0 Å². The number of nitrogens with zero attached hydrogens (tertiary/aromatic N) is 1. The largest absolute Gasteiger partial charge is 0.497 e. The van der Waals surface area contributed by atoms with Gasteiger partial charge in [0.2, 0.25) is 10.0 Å². The van der Waals surface area contributed by atoms with E-state index >= 15 is 0 Å². The van der Waals surface area contributed by atoms with Gasteiger partial charge in [0, 0.05) is 19.2 Å². The maximum absolute atomic E-state index is 12.5. The van der Waals surface area contributed by atoms with Crippen molar-refractivity contribution in [3.63, 3.8) is 0 Å². The van der Waals surface area contributed by atoms with Gasteiger partial charge in [0.25, 0.3) is 0 Å². The summed E-state index contributed by atoms with van der Waals surface area (Å²) in [4.78, 5) is 0.113. The minimum absolute atomic E-state index is 0.108. The summed E-state index contributed by atoms with van der Waals surface area (Å²) in [5.41, 5.74) is 6.00. The number of nitrogen functional groups attached to an aromatic ring is 1. The van der Waals surface area contributed by atoms with Crippen LogP contribution in [0.15, 0.2) is 23.1 Å². The molecule has 1 fully saturated rings. The first kappa shape index (κ1) is 14.1. The smallest absolute Gasteiger partial charge is 0.245 e. The summed E-state index contributed by atoms with van der Waals surface area (Å²) in [6.07, 6.45) is -0.108. The van der Waals surface area contributed by atoms with E-state index in [4.69, 9.17) is 15.2 Å². The average molecular weight is 286 g/mol. The molecule has 0 amide bonds. The topological polar surface area (TPSA) is 81.9 Å². The number of sulfonamides is 1. The fourth-order valence-corrected chi connectivity index (χ4v) is 3.63. The predicted octanol–water partition coefficient (Wildman–Crippen LogP) is 0.687. The molecule has 1 aromatic carbocycles. The zero-order valence-electron chi connectivity index (χ0n) is 11.0. The normalized spacial score (nSPS) is 21.3. The van der Waals surface area contributed by atoms with Gasteiger partial charge in [0.15, 0.2) is 0 Å². The Labute approximate surface area is 113 Å². The van der Waals surface area contributed by atoms with Gasteiger partial charge in [-0.1, -0.05) is 0 Å². The molecule has 1 unspecified atom stereocenters. The van der Waals surface area contributed by atoms with E-state index in [-0.39, 0.29) is 16.7 Å². The first-order valence-electron chi connectivity index (χ1n) is 6.00. The van der Waals surface area contributed by atoms with Crippen molar-refractivity contribution < 1.29 is 17.9 Å². The molecule has 1 heterocycles. The average Bonchev–Trinajstić information content (AvgIpc) is 2.38. The summed E-state index contributed by atoms with van der Waals surface area (Å²) in [6.45, 7) is 2.93. The molecule has 106 valence electrons. The molecule has 0 bridgehead atoms. The fourth-order valence-electron chi connectivity index (χ4n) is 2.03. The Morgan fingerprint density at radius 2 is 2.21 bits per heavy atom. The van der Waals surface area contributed by atoms with Crippen LogP contribution in [0.2, 0.25) is 0 Å². The van der Waals surface area contributed by atoms with E-state index in [0.29, 0.717) is 25.4 Å². The number of benzene rings is 1. The molecule has 1 saturated heterocycles. The molecule has 1 aromatic rings. The molecular weight excluding hydrogens is 268 g/mol. The number of methoxy groups -OCH3 is 1. The predicted molar refractivity (Wildman–Crippen MR) is 71.6 cm³/mol. The summed E-state index contributed by atoms with van der Waals surface area (Å²) >= 11 is 0. The minimum atomic E-state index is -3.58. The Morgan fingerprint density at radius 3 is 2.79 bits per heavy atom. The molecule has 7 heteroatoms. The molecule has 0 saturated carbocycles. The number of hydrogen-bond acceptors (Lipinski definition) is 5. The standard InChI is InChI=1S/C12H18N2O4S/c1-9-8-14(5-6-18-9)19(15,16)12-4-3-10(17-2)7-11(12)13/h3-4,7,9H,5-6,8,13H2,1-2H3.